The molecule has 3 aromatic rings. The molecule has 6 nitrogen and oxygen atoms in total. The summed E-state index contributed by atoms with van der Waals surface area (Å²) in [5.41, 5.74) is 1.94. The molecule has 30 heavy (non-hydrogen) atoms. The maximum absolute atomic E-state index is 12.4. The summed E-state index contributed by atoms with van der Waals surface area (Å²) in [4.78, 5) is 28.8. The van der Waals surface area contributed by atoms with E-state index < -0.39 is 24.5 Å². The molecule has 3 rings (SSSR count). The highest BCUT2D eigenvalue weighted by atomic mass is 19.3. The van der Waals surface area contributed by atoms with Gasteiger partial charge in [0.15, 0.2) is 6.04 Å². The summed E-state index contributed by atoms with van der Waals surface area (Å²) in [6.07, 6.45) is 4.55. The minimum absolute atomic E-state index is 0.0619. The minimum atomic E-state index is -2.96. The number of methoxy groups -OCH3 is 1. The second-order valence-corrected chi connectivity index (χ2v) is 6.16. The van der Waals surface area contributed by atoms with Gasteiger partial charge in [0.2, 0.25) is 5.91 Å². The molecule has 154 valence electrons. The highest BCUT2D eigenvalue weighted by molar-refractivity contribution is 5.97. The topological polar surface area (TPSA) is 77.5 Å². The Morgan fingerprint density at radius 3 is 2.50 bits per heavy atom. The Bertz CT molecular complexity index is 1060. The number of halogens is 2. The number of fused-ring (bicyclic) bond motifs is 1. The zero-order valence-electron chi connectivity index (χ0n) is 15.9. The number of pyridine rings is 1. The van der Waals surface area contributed by atoms with Crippen LogP contribution in [0.15, 0.2) is 66.9 Å². The Hall–Kier alpha value is -3.81. The summed E-state index contributed by atoms with van der Waals surface area (Å²) < 4.78 is 33.6. The number of para-hydroxylation sites is 1. The summed E-state index contributed by atoms with van der Waals surface area (Å²) >= 11 is 0. The molecule has 0 aliphatic rings. The van der Waals surface area contributed by atoms with Crippen LogP contribution in [0.1, 0.15) is 17.2 Å². The number of nitrogens with zero attached hydrogens (tertiary/aromatic N) is 1. The molecule has 1 aromatic heterocycles. The highest BCUT2D eigenvalue weighted by Crippen LogP contribution is 2.21. The van der Waals surface area contributed by atoms with Crippen LogP contribution in [0, 0.1) is 0 Å². The smallest absolute Gasteiger partial charge is 0.387 e. The van der Waals surface area contributed by atoms with Crippen molar-refractivity contribution >= 4 is 28.9 Å². The van der Waals surface area contributed by atoms with Crippen LogP contribution < -0.4 is 10.1 Å². The third-order valence-electron chi connectivity index (χ3n) is 4.26. The molecular weight excluding hydrogens is 394 g/mol. The largest absolute Gasteiger partial charge is 0.467 e. The zero-order valence-corrected chi connectivity index (χ0v) is 15.9. The van der Waals surface area contributed by atoms with Gasteiger partial charge in [-0.25, -0.2) is 4.79 Å². The Morgan fingerprint density at radius 2 is 1.80 bits per heavy atom. The Labute approximate surface area is 171 Å². The molecular formula is C22H18F2N2O4. The molecule has 8 heteroatoms. The number of ether oxygens (including phenoxy) is 2. The molecule has 1 amide bonds. The van der Waals surface area contributed by atoms with E-state index in [0.717, 1.165) is 16.5 Å². The van der Waals surface area contributed by atoms with E-state index in [2.05, 4.69) is 15.0 Å². The van der Waals surface area contributed by atoms with Crippen LogP contribution in [0.4, 0.5) is 8.78 Å². The van der Waals surface area contributed by atoms with Crippen LogP contribution in [-0.2, 0) is 14.3 Å². The first-order valence-electron chi connectivity index (χ1n) is 8.93. The number of nitrogens with one attached hydrogen (secondary N) is 1. The van der Waals surface area contributed by atoms with Crippen LogP contribution >= 0.6 is 0 Å². The van der Waals surface area contributed by atoms with Gasteiger partial charge in [0.1, 0.15) is 5.75 Å². The van der Waals surface area contributed by atoms with Gasteiger partial charge < -0.3 is 14.8 Å². The monoisotopic (exact) mass is 412 g/mol. The van der Waals surface area contributed by atoms with Crippen molar-refractivity contribution in [1.82, 2.24) is 10.3 Å². The van der Waals surface area contributed by atoms with Gasteiger partial charge in [-0.15, -0.1) is 0 Å². The molecule has 2 aromatic carbocycles. The van der Waals surface area contributed by atoms with Gasteiger partial charge in [0.25, 0.3) is 0 Å². The van der Waals surface area contributed by atoms with Gasteiger partial charge in [-0.3, -0.25) is 9.78 Å². The van der Waals surface area contributed by atoms with Crippen LogP contribution in [0.25, 0.3) is 17.0 Å². The third-order valence-corrected chi connectivity index (χ3v) is 4.26. The van der Waals surface area contributed by atoms with Gasteiger partial charge >= 0.3 is 12.6 Å². The van der Waals surface area contributed by atoms with Crippen molar-refractivity contribution in [2.45, 2.75) is 12.7 Å². The summed E-state index contributed by atoms with van der Waals surface area (Å²) in [5.74, 6) is -1.29. The van der Waals surface area contributed by atoms with Crippen LogP contribution in [0.3, 0.4) is 0 Å². The van der Waals surface area contributed by atoms with Gasteiger partial charge in [0.05, 0.1) is 12.6 Å². The van der Waals surface area contributed by atoms with Crippen molar-refractivity contribution < 1.29 is 27.8 Å². The molecule has 0 radical (unpaired) electrons. The number of hydrogen-bond donors (Lipinski definition) is 1. The molecule has 1 N–H and O–H groups in total. The molecule has 0 fully saturated rings. The SMILES string of the molecule is COC(=O)C(NC(=O)/C=C/c1ccnc2ccccc12)c1ccc(OC(F)F)cc1. The van der Waals surface area contributed by atoms with E-state index >= 15 is 0 Å². The molecule has 0 aliphatic heterocycles. The van der Waals surface area contributed by atoms with Crippen LogP contribution in [0.5, 0.6) is 5.75 Å². The number of hydrogen-bond acceptors (Lipinski definition) is 5. The first-order valence-corrected chi connectivity index (χ1v) is 8.93. The number of aromatic nitrogens is 1. The van der Waals surface area contributed by atoms with E-state index in [1.807, 2.05) is 24.3 Å². The van der Waals surface area contributed by atoms with Gasteiger partial charge in [-0.05, 0) is 41.5 Å². The number of amides is 1. The first kappa shape index (κ1) is 20.9. The summed E-state index contributed by atoms with van der Waals surface area (Å²) in [6, 6.07) is 13.5. The molecule has 0 bridgehead atoms. The van der Waals surface area contributed by atoms with E-state index in [1.165, 1.54) is 37.5 Å². The van der Waals surface area contributed by atoms with Crippen LogP contribution in [0.2, 0.25) is 0 Å². The lowest BCUT2D eigenvalue weighted by atomic mass is 10.1. The number of alkyl halides is 2. The van der Waals surface area contributed by atoms with Crippen molar-refractivity contribution in [3.05, 3.63) is 78.0 Å². The lowest BCUT2D eigenvalue weighted by Gasteiger charge is -2.16. The number of carbonyl (C=O) groups is 2. The van der Waals surface area contributed by atoms with E-state index in [0.29, 0.717) is 5.56 Å². The Kier molecular flexibility index (Phi) is 6.69. The van der Waals surface area contributed by atoms with Crippen molar-refractivity contribution in [3.63, 3.8) is 0 Å². The third kappa shape index (κ3) is 5.16. The predicted octanol–water partition coefficient (Wildman–Crippen LogP) is 3.88. The molecule has 0 aliphatic carbocycles. The van der Waals surface area contributed by atoms with E-state index in [1.54, 1.807) is 18.3 Å². The number of esters is 1. The normalized spacial score (nSPS) is 12.1. The lowest BCUT2D eigenvalue weighted by molar-refractivity contribution is -0.144. The van der Waals surface area contributed by atoms with Crippen LogP contribution in [-0.4, -0.2) is 30.6 Å². The van der Waals surface area contributed by atoms with Gasteiger partial charge in [-0.1, -0.05) is 30.3 Å². The van der Waals surface area contributed by atoms with Gasteiger partial charge in [-0.2, -0.15) is 8.78 Å². The number of rotatable bonds is 7. The number of carbonyl (C=O) groups excluding carboxylic acids is 2. The summed E-state index contributed by atoms with van der Waals surface area (Å²) in [5, 5.41) is 3.44. The quantitative estimate of drug-likeness (QED) is 0.471. The average Bonchev–Trinajstić information content (AvgIpc) is 2.75. The minimum Gasteiger partial charge on any atom is -0.467 e. The fourth-order valence-corrected chi connectivity index (χ4v) is 2.86. The summed E-state index contributed by atoms with van der Waals surface area (Å²) in [7, 11) is 1.19. The molecule has 1 atom stereocenters. The van der Waals surface area contributed by atoms with Crippen molar-refractivity contribution in [2.24, 2.45) is 0 Å². The maximum atomic E-state index is 12.4. The predicted molar refractivity (Wildman–Crippen MR) is 107 cm³/mol. The van der Waals surface area contributed by atoms with E-state index in [9.17, 15) is 18.4 Å². The van der Waals surface area contributed by atoms with Crippen molar-refractivity contribution in [3.8, 4) is 5.75 Å². The molecule has 0 saturated carbocycles. The maximum Gasteiger partial charge on any atom is 0.387 e. The second-order valence-electron chi connectivity index (χ2n) is 6.16. The fraction of sp³-hybridized carbons (Fsp3) is 0.136. The van der Waals surface area contributed by atoms with E-state index in [4.69, 9.17) is 4.74 Å². The van der Waals surface area contributed by atoms with Crippen molar-refractivity contribution in [2.75, 3.05) is 7.11 Å². The molecule has 1 heterocycles. The summed E-state index contributed by atoms with van der Waals surface area (Å²) in [6.45, 7) is -2.96. The van der Waals surface area contributed by atoms with E-state index in [-0.39, 0.29) is 5.75 Å². The Balaban J connectivity index is 1.77. The molecule has 0 spiro atoms. The van der Waals surface area contributed by atoms with Crippen molar-refractivity contribution in [1.29, 1.82) is 0 Å². The lowest BCUT2D eigenvalue weighted by Crippen LogP contribution is -2.33. The molecule has 0 saturated heterocycles. The fourth-order valence-electron chi connectivity index (χ4n) is 2.86. The second kappa shape index (κ2) is 9.60. The highest BCUT2D eigenvalue weighted by Gasteiger charge is 2.23. The average molecular weight is 412 g/mol. The standard InChI is InChI=1S/C22H18F2N2O4/c1-29-21(28)20(15-6-9-16(10-7-15)30-22(23)24)26-19(27)11-8-14-12-13-25-18-5-3-2-4-17(14)18/h2-13,20,22H,1H3,(H,26,27)/b11-8+. The Morgan fingerprint density at radius 1 is 1.07 bits per heavy atom. The zero-order chi connectivity index (χ0) is 21.5. The van der Waals surface area contributed by atoms with Gasteiger partial charge in [0, 0.05) is 17.7 Å². The first-order chi connectivity index (χ1) is 14.5. The number of benzene rings is 2. The molecule has 1 unspecified atom stereocenters.